The molecule has 0 spiro atoms. The van der Waals surface area contributed by atoms with Crippen molar-refractivity contribution in [2.75, 3.05) is 6.54 Å². The molecule has 0 aliphatic rings. The highest BCUT2D eigenvalue weighted by Gasteiger charge is 2.04. The van der Waals surface area contributed by atoms with Gasteiger partial charge in [0.2, 0.25) is 0 Å². The molecule has 0 aliphatic carbocycles. The van der Waals surface area contributed by atoms with Crippen LogP contribution in [0.4, 0.5) is 0 Å². The number of rotatable bonds is 6. The number of hydrogen-bond acceptors (Lipinski definition) is 5. The van der Waals surface area contributed by atoms with Gasteiger partial charge in [0, 0.05) is 55.2 Å². The van der Waals surface area contributed by atoms with Crippen LogP contribution in [0.1, 0.15) is 10.6 Å². The summed E-state index contributed by atoms with van der Waals surface area (Å²) in [6, 6.07) is 8.00. The van der Waals surface area contributed by atoms with Gasteiger partial charge in [-0.15, -0.1) is 11.3 Å². The van der Waals surface area contributed by atoms with Crippen LogP contribution in [0.2, 0.25) is 0 Å². The van der Waals surface area contributed by atoms with Gasteiger partial charge in [-0.1, -0.05) is 6.07 Å². The topological polar surface area (TPSA) is 50.7 Å². The van der Waals surface area contributed by atoms with E-state index in [-0.39, 0.29) is 0 Å². The van der Waals surface area contributed by atoms with Crippen molar-refractivity contribution in [1.82, 2.24) is 20.3 Å². The number of nitrogens with zero attached hydrogens (tertiary/aromatic N) is 3. The minimum Gasteiger partial charge on any atom is -0.312 e. The Bertz CT molecular complexity index is 667. The Morgan fingerprint density at radius 2 is 1.90 bits per heavy atom. The second kappa shape index (κ2) is 7.06. The molecule has 4 nitrogen and oxygen atoms in total. The van der Waals surface area contributed by atoms with E-state index in [4.69, 9.17) is 0 Å². The molecule has 0 fully saturated rings. The molecule has 0 radical (unpaired) electrons. The van der Waals surface area contributed by atoms with Crippen molar-refractivity contribution in [2.45, 2.75) is 13.0 Å². The number of pyridine rings is 2. The smallest absolute Gasteiger partial charge is 0.0945 e. The molecule has 0 saturated heterocycles. The highest BCUT2D eigenvalue weighted by atomic mass is 32.1. The van der Waals surface area contributed by atoms with Gasteiger partial charge >= 0.3 is 0 Å². The maximum Gasteiger partial charge on any atom is 0.0945 e. The second-order valence-electron chi connectivity index (χ2n) is 4.66. The van der Waals surface area contributed by atoms with Gasteiger partial charge in [-0.3, -0.25) is 9.97 Å². The molecular formula is C16H16N4S. The molecule has 106 valence electrons. The van der Waals surface area contributed by atoms with E-state index in [1.54, 1.807) is 23.7 Å². The SMILES string of the molecule is c1cncc(CNCCc2nc(-c3cccnc3)cs2)c1. The fourth-order valence-corrected chi connectivity index (χ4v) is 2.81. The van der Waals surface area contributed by atoms with Crippen molar-refractivity contribution in [1.29, 1.82) is 0 Å². The molecule has 3 rings (SSSR count). The summed E-state index contributed by atoms with van der Waals surface area (Å²) >= 11 is 1.70. The quantitative estimate of drug-likeness (QED) is 0.711. The van der Waals surface area contributed by atoms with Crippen LogP contribution >= 0.6 is 11.3 Å². The first-order valence-electron chi connectivity index (χ1n) is 6.86. The minimum atomic E-state index is 0.842. The van der Waals surface area contributed by atoms with Crippen LogP contribution < -0.4 is 5.32 Å². The van der Waals surface area contributed by atoms with E-state index in [1.165, 1.54) is 5.56 Å². The predicted octanol–water partition coefficient (Wildman–Crippen LogP) is 2.93. The van der Waals surface area contributed by atoms with Crippen molar-refractivity contribution in [2.24, 2.45) is 0 Å². The summed E-state index contributed by atoms with van der Waals surface area (Å²) in [5, 5.41) is 6.65. The molecule has 1 N–H and O–H groups in total. The molecular weight excluding hydrogens is 280 g/mol. The van der Waals surface area contributed by atoms with Crippen molar-refractivity contribution < 1.29 is 0 Å². The van der Waals surface area contributed by atoms with E-state index in [0.29, 0.717) is 0 Å². The molecule has 3 aromatic heterocycles. The molecule has 0 atom stereocenters. The van der Waals surface area contributed by atoms with Crippen molar-refractivity contribution in [3.05, 3.63) is 65.0 Å². The third-order valence-electron chi connectivity index (χ3n) is 3.08. The summed E-state index contributed by atoms with van der Waals surface area (Å²) in [5.74, 6) is 0. The Labute approximate surface area is 127 Å². The fraction of sp³-hybridized carbons (Fsp3) is 0.188. The van der Waals surface area contributed by atoms with E-state index < -0.39 is 0 Å². The normalized spacial score (nSPS) is 10.7. The molecule has 3 aromatic rings. The Kier molecular flexibility index (Phi) is 4.66. The summed E-state index contributed by atoms with van der Waals surface area (Å²) in [4.78, 5) is 12.9. The Morgan fingerprint density at radius 1 is 1.05 bits per heavy atom. The van der Waals surface area contributed by atoms with Crippen LogP contribution in [0.5, 0.6) is 0 Å². The maximum absolute atomic E-state index is 4.65. The molecule has 0 bridgehead atoms. The lowest BCUT2D eigenvalue weighted by Gasteiger charge is -2.02. The number of aromatic nitrogens is 3. The van der Waals surface area contributed by atoms with E-state index in [9.17, 15) is 0 Å². The lowest BCUT2D eigenvalue weighted by atomic mass is 10.2. The Hall–Kier alpha value is -2.11. The third kappa shape index (κ3) is 3.93. The Balaban J connectivity index is 1.49. The molecule has 0 amide bonds. The number of thiazole rings is 1. The summed E-state index contributed by atoms with van der Waals surface area (Å²) in [6.07, 6.45) is 8.24. The summed E-state index contributed by atoms with van der Waals surface area (Å²) in [7, 11) is 0. The van der Waals surface area contributed by atoms with Gasteiger partial charge in [0.1, 0.15) is 0 Å². The fourth-order valence-electron chi connectivity index (χ4n) is 2.00. The summed E-state index contributed by atoms with van der Waals surface area (Å²) < 4.78 is 0. The van der Waals surface area contributed by atoms with Crippen molar-refractivity contribution in [3.63, 3.8) is 0 Å². The van der Waals surface area contributed by atoms with Crippen LogP contribution in [-0.4, -0.2) is 21.5 Å². The van der Waals surface area contributed by atoms with Crippen LogP contribution in [0.25, 0.3) is 11.3 Å². The lowest BCUT2D eigenvalue weighted by molar-refractivity contribution is 0.684. The largest absolute Gasteiger partial charge is 0.312 e. The predicted molar refractivity (Wildman–Crippen MR) is 85.0 cm³/mol. The number of hydrogen-bond donors (Lipinski definition) is 1. The average Bonchev–Trinajstić information content (AvgIpc) is 3.02. The summed E-state index contributed by atoms with van der Waals surface area (Å²) in [6.45, 7) is 1.75. The van der Waals surface area contributed by atoms with E-state index in [2.05, 4.69) is 31.7 Å². The van der Waals surface area contributed by atoms with E-state index in [1.807, 2.05) is 30.6 Å². The first kappa shape index (κ1) is 13.9. The highest BCUT2D eigenvalue weighted by Crippen LogP contribution is 2.20. The Morgan fingerprint density at radius 3 is 2.67 bits per heavy atom. The zero-order chi connectivity index (χ0) is 14.3. The van der Waals surface area contributed by atoms with Gasteiger partial charge < -0.3 is 5.32 Å². The molecule has 0 saturated carbocycles. The minimum absolute atomic E-state index is 0.842. The standard InChI is InChI=1S/C16H16N4S/c1-3-13(9-17-6-1)10-19-8-5-16-20-15(12-21-16)14-4-2-7-18-11-14/h1-4,6-7,9,11-12,19H,5,8,10H2. The molecule has 0 aliphatic heterocycles. The third-order valence-corrected chi connectivity index (χ3v) is 3.99. The monoisotopic (exact) mass is 296 g/mol. The molecule has 0 unspecified atom stereocenters. The zero-order valence-corrected chi connectivity index (χ0v) is 12.4. The summed E-state index contributed by atoms with van der Waals surface area (Å²) in [5.41, 5.74) is 3.28. The van der Waals surface area contributed by atoms with Gasteiger partial charge in [-0.25, -0.2) is 4.98 Å². The first-order valence-corrected chi connectivity index (χ1v) is 7.74. The van der Waals surface area contributed by atoms with Gasteiger partial charge in [-0.2, -0.15) is 0 Å². The van der Waals surface area contributed by atoms with E-state index in [0.717, 1.165) is 35.8 Å². The molecule has 5 heteroatoms. The van der Waals surface area contributed by atoms with Crippen LogP contribution in [0.3, 0.4) is 0 Å². The zero-order valence-electron chi connectivity index (χ0n) is 11.6. The number of nitrogens with one attached hydrogen (secondary N) is 1. The maximum atomic E-state index is 4.65. The second-order valence-corrected chi connectivity index (χ2v) is 5.60. The average molecular weight is 296 g/mol. The van der Waals surface area contributed by atoms with Gasteiger partial charge in [0.05, 0.1) is 10.7 Å². The van der Waals surface area contributed by atoms with Crippen LogP contribution in [0.15, 0.2) is 54.4 Å². The van der Waals surface area contributed by atoms with Crippen LogP contribution in [0, 0.1) is 0 Å². The molecule has 3 heterocycles. The van der Waals surface area contributed by atoms with E-state index >= 15 is 0 Å². The van der Waals surface area contributed by atoms with Crippen molar-refractivity contribution >= 4 is 11.3 Å². The molecule has 21 heavy (non-hydrogen) atoms. The van der Waals surface area contributed by atoms with Crippen LogP contribution in [-0.2, 0) is 13.0 Å². The van der Waals surface area contributed by atoms with Crippen molar-refractivity contribution in [3.8, 4) is 11.3 Å². The highest BCUT2D eigenvalue weighted by molar-refractivity contribution is 7.09. The van der Waals surface area contributed by atoms with Gasteiger partial charge in [0.15, 0.2) is 0 Å². The first-order chi connectivity index (χ1) is 10.4. The van der Waals surface area contributed by atoms with Gasteiger partial charge in [-0.05, 0) is 23.8 Å². The lowest BCUT2D eigenvalue weighted by Crippen LogP contribution is -2.16. The molecule has 0 aromatic carbocycles. The van der Waals surface area contributed by atoms with Gasteiger partial charge in [0.25, 0.3) is 0 Å².